The minimum absolute atomic E-state index is 0.0608. The highest BCUT2D eigenvalue weighted by Crippen LogP contribution is 2.41. The van der Waals surface area contributed by atoms with Gasteiger partial charge in [-0.25, -0.2) is 4.79 Å². The van der Waals surface area contributed by atoms with Gasteiger partial charge < -0.3 is 4.74 Å². The second kappa shape index (κ2) is 4.55. The van der Waals surface area contributed by atoms with Crippen LogP contribution in [0.1, 0.15) is 46.0 Å². The molecular formula is C14H20N2O4. The summed E-state index contributed by atoms with van der Waals surface area (Å²) in [5.41, 5.74) is -1.10. The smallest absolute Gasteiger partial charge is 0.331 e. The topological polar surface area (TPSA) is 75.7 Å². The van der Waals surface area contributed by atoms with Gasteiger partial charge in [0, 0.05) is 0 Å². The van der Waals surface area contributed by atoms with Gasteiger partial charge in [-0.15, -0.1) is 0 Å². The zero-order chi connectivity index (χ0) is 14.5. The first-order valence-electron chi connectivity index (χ1n) is 7.38. The minimum atomic E-state index is -1.10. The Bertz CT molecular complexity index is 472. The van der Waals surface area contributed by atoms with Crippen molar-refractivity contribution in [1.82, 2.24) is 10.2 Å². The second-order valence-electron chi connectivity index (χ2n) is 5.90. The van der Waals surface area contributed by atoms with Crippen molar-refractivity contribution in [3.05, 3.63) is 0 Å². The van der Waals surface area contributed by atoms with E-state index < -0.39 is 17.4 Å². The zero-order valence-corrected chi connectivity index (χ0v) is 11.8. The van der Waals surface area contributed by atoms with Crippen LogP contribution in [0.3, 0.4) is 0 Å². The van der Waals surface area contributed by atoms with Crippen LogP contribution in [0.5, 0.6) is 0 Å². The summed E-state index contributed by atoms with van der Waals surface area (Å²) < 4.78 is 5.74. The van der Waals surface area contributed by atoms with E-state index in [1.54, 1.807) is 0 Å². The van der Waals surface area contributed by atoms with Crippen LogP contribution in [0.2, 0.25) is 0 Å². The number of nitrogens with zero attached hydrogens (tertiary/aromatic N) is 1. The molecule has 4 amide bonds. The maximum atomic E-state index is 12.8. The Morgan fingerprint density at radius 1 is 1.25 bits per heavy atom. The number of rotatable bonds is 3. The maximum Gasteiger partial charge on any atom is 0.331 e. The van der Waals surface area contributed by atoms with Gasteiger partial charge >= 0.3 is 6.03 Å². The molecule has 3 aliphatic heterocycles. The Hall–Kier alpha value is -1.43. The Labute approximate surface area is 117 Å². The van der Waals surface area contributed by atoms with Crippen molar-refractivity contribution in [1.29, 1.82) is 0 Å². The highest BCUT2D eigenvalue weighted by Gasteiger charge is 2.56. The molecule has 0 aromatic rings. The average Bonchev–Trinajstić information content (AvgIpc) is 3.02. The monoisotopic (exact) mass is 280 g/mol. The first-order chi connectivity index (χ1) is 9.53. The summed E-state index contributed by atoms with van der Waals surface area (Å²) >= 11 is 0. The van der Waals surface area contributed by atoms with Gasteiger partial charge in [0.15, 0.2) is 0 Å². The molecule has 0 aromatic heterocycles. The van der Waals surface area contributed by atoms with Gasteiger partial charge in [0.1, 0.15) is 5.41 Å². The molecule has 2 bridgehead atoms. The molecule has 0 saturated carbocycles. The fraction of sp³-hybridized carbons (Fsp3) is 0.786. The second-order valence-corrected chi connectivity index (χ2v) is 5.90. The number of urea groups is 1. The molecule has 20 heavy (non-hydrogen) atoms. The van der Waals surface area contributed by atoms with Gasteiger partial charge in [-0.1, -0.05) is 13.8 Å². The van der Waals surface area contributed by atoms with Crippen molar-refractivity contribution in [3.63, 3.8) is 0 Å². The number of amides is 4. The number of carbonyl (C=O) groups excluding carboxylic acids is 3. The lowest BCUT2D eigenvalue weighted by Gasteiger charge is -2.42. The molecule has 110 valence electrons. The SMILES string of the molecule is CCC1(CC)C(=O)NC(=O)N(C2CC3CCC2O3)C1=O. The molecule has 3 heterocycles. The lowest BCUT2D eigenvalue weighted by atomic mass is 9.77. The summed E-state index contributed by atoms with van der Waals surface area (Å²) in [4.78, 5) is 38.3. The van der Waals surface area contributed by atoms with Crippen molar-refractivity contribution in [2.75, 3.05) is 0 Å². The molecule has 6 nitrogen and oxygen atoms in total. The van der Waals surface area contributed by atoms with E-state index in [1.807, 2.05) is 13.8 Å². The summed E-state index contributed by atoms with van der Waals surface area (Å²) in [5, 5.41) is 2.36. The van der Waals surface area contributed by atoms with E-state index >= 15 is 0 Å². The quantitative estimate of drug-likeness (QED) is 0.788. The van der Waals surface area contributed by atoms with E-state index in [1.165, 1.54) is 4.90 Å². The molecule has 0 spiro atoms. The predicted octanol–water partition coefficient (Wildman–Crippen LogP) is 1.19. The summed E-state index contributed by atoms with van der Waals surface area (Å²) in [5.74, 6) is -0.810. The van der Waals surface area contributed by atoms with Gasteiger partial charge in [0.25, 0.3) is 0 Å². The Kier molecular flexibility index (Phi) is 3.08. The molecule has 3 unspecified atom stereocenters. The van der Waals surface area contributed by atoms with Crippen LogP contribution in [-0.2, 0) is 14.3 Å². The molecule has 3 rings (SSSR count). The lowest BCUT2D eigenvalue weighted by molar-refractivity contribution is -0.154. The van der Waals surface area contributed by atoms with E-state index in [0.29, 0.717) is 19.3 Å². The summed E-state index contributed by atoms with van der Waals surface area (Å²) in [6.45, 7) is 3.62. The van der Waals surface area contributed by atoms with Crippen molar-refractivity contribution >= 4 is 17.8 Å². The van der Waals surface area contributed by atoms with Crippen LogP contribution in [0.25, 0.3) is 0 Å². The molecule has 3 fully saturated rings. The van der Waals surface area contributed by atoms with Crippen LogP contribution >= 0.6 is 0 Å². The molecule has 3 saturated heterocycles. The van der Waals surface area contributed by atoms with Gasteiger partial charge in [-0.05, 0) is 32.1 Å². The van der Waals surface area contributed by atoms with Gasteiger partial charge in [-0.3, -0.25) is 19.8 Å². The third kappa shape index (κ3) is 1.63. The number of fused-ring (bicyclic) bond motifs is 2. The summed E-state index contributed by atoms with van der Waals surface area (Å²) in [7, 11) is 0. The normalized spacial score (nSPS) is 35.6. The standard InChI is InChI=1S/C14H20N2O4/c1-3-14(4-2)11(17)15-13(19)16(12(14)18)9-7-8-5-6-10(9)20-8/h8-10H,3-7H2,1-2H3,(H,15,17,19). The van der Waals surface area contributed by atoms with Crippen LogP contribution in [-0.4, -0.2) is 41.0 Å². The minimum Gasteiger partial charge on any atom is -0.373 e. The first-order valence-corrected chi connectivity index (χ1v) is 7.38. The molecular weight excluding hydrogens is 260 g/mol. The number of imide groups is 2. The summed E-state index contributed by atoms with van der Waals surface area (Å²) in [6.07, 6.45) is 3.47. The third-order valence-corrected chi connectivity index (χ3v) is 5.11. The Balaban J connectivity index is 1.92. The fourth-order valence-electron chi connectivity index (χ4n) is 3.75. The number of hydrogen-bond donors (Lipinski definition) is 1. The Morgan fingerprint density at radius 2 is 1.95 bits per heavy atom. The van der Waals surface area contributed by atoms with Gasteiger partial charge in [0.2, 0.25) is 11.8 Å². The average molecular weight is 280 g/mol. The van der Waals surface area contributed by atoms with Gasteiger partial charge in [-0.2, -0.15) is 0 Å². The Morgan fingerprint density at radius 3 is 2.45 bits per heavy atom. The number of nitrogens with one attached hydrogen (secondary N) is 1. The van der Waals surface area contributed by atoms with Gasteiger partial charge in [0.05, 0.1) is 18.2 Å². The number of barbiturate groups is 1. The van der Waals surface area contributed by atoms with E-state index in [9.17, 15) is 14.4 Å². The molecule has 0 aromatic carbocycles. The zero-order valence-electron chi connectivity index (χ0n) is 11.8. The highest BCUT2D eigenvalue weighted by atomic mass is 16.5. The third-order valence-electron chi connectivity index (χ3n) is 5.11. The van der Waals surface area contributed by atoms with Crippen LogP contribution in [0, 0.1) is 5.41 Å². The molecule has 3 aliphatic rings. The van der Waals surface area contributed by atoms with E-state index in [-0.39, 0.29) is 24.2 Å². The highest BCUT2D eigenvalue weighted by molar-refractivity contribution is 6.19. The van der Waals surface area contributed by atoms with Crippen LogP contribution < -0.4 is 5.32 Å². The largest absolute Gasteiger partial charge is 0.373 e. The molecule has 3 atom stereocenters. The number of carbonyl (C=O) groups is 3. The van der Waals surface area contributed by atoms with Crippen LogP contribution in [0.15, 0.2) is 0 Å². The first kappa shape index (κ1) is 13.5. The summed E-state index contributed by atoms with van der Waals surface area (Å²) in [6, 6.07) is -0.800. The molecule has 0 aliphatic carbocycles. The van der Waals surface area contributed by atoms with E-state index in [2.05, 4.69) is 5.32 Å². The van der Waals surface area contributed by atoms with Crippen molar-refractivity contribution in [2.24, 2.45) is 5.41 Å². The van der Waals surface area contributed by atoms with Crippen LogP contribution in [0.4, 0.5) is 4.79 Å². The predicted molar refractivity (Wildman–Crippen MR) is 69.7 cm³/mol. The number of ether oxygens (including phenoxy) is 1. The van der Waals surface area contributed by atoms with E-state index in [4.69, 9.17) is 4.74 Å². The maximum absolute atomic E-state index is 12.8. The van der Waals surface area contributed by atoms with Crippen molar-refractivity contribution < 1.29 is 19.1 Å². The van der Waals surface area contributed by atoms with E-state index in [0.717, 1.165) is 12.8 Å². The van der Waals surface area contributed by atoms with Crippen molar-refractivity contribution in [3.8, 4) is 0 Å². The molecule has 6 heteroatoms. The fourth-order valence-corrected chi connectivity index (χ4v) is 3.75. The van der Waals surface area contributed by atoms with Crippen molar-refractivity contribution in [2.45, 2.75) is 64.2 Å². The molecule has 0 radical (unpaired) electrons. The lowest BCUT2D eigenvalue weighted by Crippen LogP contribution is -2.67. The number of hydrogen-bond acceptors (Lipinski definition) is 4. The molecule has 1 N–H and O–H groups in total.